The molecule has 7 nitrogen and oxygen atoms in total. The number of carbonyl (C=O) groups is 2. The molecular weight excluding hydrogens is 611 g/mol. The Morgan fingerprint density at radius 3 is 2.41 bits per heavy atom. The molecule has 1 amide bonds. The fourth-order valence-electron chi connectivity index (χ4n) is 6.39. The van der Waals surface area contributed by atoms with Crippen molar-refractivity contribution < 1.29 is 28.2 Å². The first-order valence-electron chi connectivity index (χ1n) is 14.0. The lowest BCUT2D eigenvalue weighted by Crippen LogP contribution is -2.47. The highest BCUT2D eigenvalue weighted by atomic mass is 35.5. The van der Waals surface area contributed by atoms with Gasteiger partial charge < -0.3 is 15.2 Å². The lowest BCUT2D eigenvalue weighted by molar-refractivity contribution is -0.121. The van der Waals surface area contributed by atoms with Gasteiger partial charge in [-0.3, -0.25) is 9.69 Å². The highest BCUT2D eigenvalue weighted by Crippen LogP contribution is 2.56. The van der Waals surface area contributed by atoms with E-state index >= 15 is 8.78 Å². The van der Waals surface area contributed by atoms with E-state index in [0.717, 1.165) is 6.07 Å². The summed E-state index contributed by atoms with van der Waals surface area (Å²) >= 11 is 12.4. The van der Waals surface area contributed by atoms with Gasteiger partial charge in [-0.05, 0) is 54.3 Å². The van der Waals surface area contributed by atoms with Crippen LogP contribution in [0.1, 0.15) is 61.5 Å². The predicted molar refractivity (Wildman–Crippen MR) is 165 cm³/mol. The Morgan fingerprint density at radius 1 is 1.14 bits per heavy atom. The van der Waals surface area contributed by atoms with E-state index in [1.54, 1.807) is 0 Å². The van der Waals surface area contributed by atoms with Gasteiger partial charge in [0.15, 0.2) is 0 Å². The normalized spacial score (nSPS) is 22.0. The van der Waals surface area contributed by atoms with Gasteiger partial charge in [0.2, 0.25) is 5.91 Å². The van der Waals surface area contributed by atoms with Crippen molar-refractivity contribution in [3.05, 3.63) is 93.0 Å². The molecule has 11 heteroatoms. The number of hydrogen-bond donors (Lipinski definition) is 2. The Bertz CT molecular complexity index is 1640. The summed E-state index contributed by atoms with van der Waals surface area (Å²) < 4.78 is 37.2. The van der Waals surface area contributed by atoms with Crippen molar-refractivity contribution in [2.75, 3.05) is 19.0 Å². The number of anilines is 1. The molecule has 3 aromatic carbocycles. The number of carboxylic acid groups (broad SMARTS) is 1. The summed E-state index contributed by atoms with van der Waals surface area (Å²) in [6.07, 6.45) is 0.347. The number of nitrogens with one attached hydrogen (secondary N) is 1. The standard InChI is InChI=1S/C33H33Cl2F2N3O4/c1-6-40-26(16-32(2,3)4)33(17-38,22-13-10-18(34)14-24(22)36)27(21-8-7-9-23(35)28(21)37)29(40)30(41)39-19-11-12-20(31(42)43)25(15-19)44-5/h7-15,26-27,29H,6,16H2,1-5H3,(H,39,41)(H,42,43)/t26-,27-,29+,33-/m0/s1. The van der Waals surface area contributed by atoms with Crippen LogP contribution in [0, 0.1) is 28.4 Å². The number of nitrogens with zero attached hydrogens (tertiary/aromatic N) is 2. The molecule has 0 saturated carbocycles. The van der Waals surface area contributed by atoms with Crippen LogP contribution in [0.2, 0.25) is 10.0 Å². The summed E-state index contributed by atoms with van der Waals surface area (Å²) in [5, 5.41) is 23.3. The van der Waals surface area contributed by atoms with E-state index in [9.17, 15) is 20.0 Å². The number of carbonyl (C=O) groups excluding carboxylic acids is 1. The zero-order chi connectivity index (χ0) is 32.6. The van der Waals surface area contributed by atoms with Gasteiger partial charge in [-0.15, -0.1) is 0 Å². The number of hydrogen-bond acceptors (Lipinski definition) is 5. The summed E-state index contributed by atoms with van der Waals surface area (Å²) in [6, 6.07) is 12.9. The number of likely N-dealkylation sites (N-methyl/N-ethyl adjacent to an activating group) is 1. The first-order valence-corrected chi connectivity index (χ1v) is 14.7. The van der Waals surface area contributed by atoms with E-state index in [4.69, 9.17) is 27.9 Å². The third-order valence-electron chi connectivity index (χ3n) is 8.11. The number of carboxylic acids is 1. The second-order valence-electron chi connectivity index (χ2n) is 12.0. The van der Waals surface area contributed by atoms with E-state index in [0.29, 0.717) is 6.42 Å². The molecule has 0 spiro atoms. The van der Waals surface area contributed by atoms with Gasteiger partial charge in [0.05, 0.1) is 24.2 Å². The van der Waals surface area contributed by atoms with Crippen LogP contribution < -0.4 is 10.1 Å². The number of rotatable bonds is 8. The molecule has 0 aromatic heterocycles. The molecule has 0 unspecified atom stereocenters. The Labute approximate surface area is 265 Å². The number of likely N-dealkylation sites (tertiary alicyclic amines) is 1. The summed E-state index contributed by atoms with van der Waals surface area (Å²) in [4.78, 5) is 27.8. The molecule has 2 N–H and O–H groups in total. The van der Waals surface area contributed by atoms with E-state index < -0.39 is 52.3 Å². The second-order valence-corrected chi connectivity index (χ2v) is 12.8. The molecule has 4 atom stereocenters. The van der Waals surface area contributed by atoms with E-state index in [2.05, 4.69) is 11.4 Å². The Kier molecular flexibility index (Phi) is 9.60. The molecule has 1 heterocycles. The van der Waals surface area contributed by atoms with Gasteiger partial charge >= 0.3 is 5.97 Å². The third-order valence-corrected chi connectivity index (χ3v) is 8.63. The maximum absolute atomic E-state index is 16.0. The maximum atomic E-state index is 16.0. The van der Waals surface area contributed by atoms with Crippen molar-refractivity contribution in [3.63, 3.8) is 0 Å². The lowest BCUT2D eigenvalue weighted by Gasteiger charge is -2.39. The highest BCUT2D eigenvalue weighted by molar-refractivity contribution is 6.31. The van der Waals surface area contributed by atoms with Crippen LogP contribution in [0.3, 0.4) is 0 Å². The van der Waals surface area contributed by atoms with Gasteiger partial charge in [-0.25, -0.2) is 13.6 Å². The highest BCUT2D eigenvalue weighted by Gasteiger charge is 2.64. The molecule has 1 aliphatic rings. The van der Waals surface area contributed by atoms with Crippen molar-refractivity contribution in [1.82, 2.24) is 4.90 Å². The quantitative estimate of drug-likeness (QED) is 0.261. The van der Waals surface area contributed by atoms with Gasteiger partial charge in [-0.1, -0.05) is 69.1 Å². The third kappa shape index (κ3) is 5.99. The van der Waals surface area contributed by atoms with Crippen molar-refractivity contribution in [3.8, 4) is 11.8 Å². The second kappa shape index (κ2) is 12.7. The van der Waals surface area contributed by atoms with Gasteiger partial charge in [0.1, 0.15) is 28.4 Å². The van der Waals surface area contributed by atoms with E-state index in [1.165, 1.54) is 55.6 Å². The maximum Gasteiger partial charge on any atom is 0.339 e. The zero-order valence-corrected chi connectivity index (χ0v) is 26.4. The van der Waals surface area contributed by atoms with Crippen molar-refractivity contribution in [2.24, 2.45) is 5.41 Å². The molecule has 1 fully saturated rings. The number of amides is 1. The van der Waals surface area contributed by atoms with Crippen molar-refractivity contribution >= 4 is 40.8 Å². The minimum atomic E-state index is -1.77. The van der Waals surface area contributed by atoms with Crippen LogP contribution >= 0.6 is 23.2 Å². The van der Waals surface area contributed by atoms with Crippen LogP contribution in [0.5, 0.6) is 5.75 Å². The Morgan fingerprint density at radius 2 is 1.84 bits per heavy atom. The number of halogens is 4. The smallest absolute Gasteiger partial charge is 0.339 e. The Balaban J connectivity index is 2.01. The largest absolute Gasteiger partial charge is 0.496 e. The minimum Gasteiger partial charge on any atom is -0.496 e. The molecule has 4 rings (SSSR count). The molecule has 0 radical (unpaired) electrons. The number of ether oxygens (including phenoxy) is 1. The molecule has 1 aliphatic heterocycles. The molecule has 0 bridgehead atoms. The average molecular weight is 645 g/mol. The molecule has 3 aromatic rings. The van der Waals surface area contributed by atoms with Crippen molar-refractivity contribution in [1.29, 1.82) is 5.26 Å². The van der Waals surface area contributed by atoms with Crippen LogP contribution in [0.25, 0.3) is 0 Å². The summed E-state index contributed by atoms with van der Waals surface area (Å²) in [6.45, 7) is 7.99. The monoisotopic (exact) mass is 643 g/mol. The molecule has 232 valence electrons. The van der Waals surface area contributed by atoms with Gasteiger partial charge in [-0.2, -0.15) is 5.26 Å². The predicted octanol–water partition coefficient (Wildman–Crippen LogP) is 7.67. The first kappa shape index (κ1) is 33.2. The fraction of sp³-hybridized carbons (Fsp3) is 0.364. The first-order chi connectivity index (χ1) is 20.7. The number of methoxy groups -OCH3 is 1. The zero-order valence-electron chi connectivity index (χ0n) is 24.9. The number of nitriles is 1. The summed E-state index contributed by atoms with van der Waals surface area (Å²) in [5.74, 6) is -4.59. The lowest BCUT2D eigenvalue weighted by atomic mass is 9.62. The van der Waals surface area contributed by atoms with Crippen LogP contribution in [0.4, 0.5) is 14.5 Å². The summed E-state index contributed by atoms with van der Waals surface area (Å²) in [7, 11) is 1.31. The van der Waals surface area contributed by atoms with Gasteiger partial charge in [0.25, 0.3) is 0 Å². The summed E-state index contributed by atoms with van der Waals surface area (Å²) in [5.41, 5.74) is -2.07. The van der Waals surface area contributed by atoms with Crippen LogP contribution in [-0.2, 0) is 10.2 Å². The number of aromatic carboxylic acids is 1. The van der Waals surface area contributed by atoms with Crippen LogP contribution in [0.15, 0.2) is 54.6 Å². The molecule has 1 saturated heterocycles. The molecule has 0 aliphatic carbocycles. The van der Waals surface area contributed by atoms with E-state index in [1.807, 2.05) is 32.6 Å². The van der Waals surface area contributed by atoms with E-state index in [-0.39, 0.29) is 44.7 Å². The molecule has 44 heavy (non-hydrogen) atoms. The Hall–Kier alpha value is -3.71. The van der Waals surface area contributed by atoms with Crippen molar-refractivity contribution in [2.45, 2.75) is 57.5 Å². The van der Waals surface area contributed by atoms with Crippen LogP contribution in [-0.4, -0.2) is 47.6 Å². The minimum absolute atomic E-state index is 0.00995. The van der Waals surface area contributed by atoms with Gasteiger partial charge in [0, 0.05) is 34.3 Å². The SMILES string of the molecule is CCN1[C@@H](CC(C)(C)C)[C@](C#N)(c2ccc(Cl)cc2F)[C@@H](c2cccc(Cl)c2F)[C@@H]1C(=O)Nc1ccc(C(=O)O)c(OC)c1. The topological polar surface area (TPSA) is 103 Å². The fourth-order valence-corrected chi connectivity index (χ4v) is 6.74. The molecular formula is C33H33Cl2F2N3O4. The average Bonchev–Trinajstić information content (AvgIpc) is 3.22. The number of benzene rings is 3.